The van der Waals surface area contributed by atoms with Crippen LogP contribution in [0.4, 0.5) is 16.4 Å². The minimum absolute atomic E-state index is 0.0408. The number of hydrogen-bond donors (Lipinski definition) is 2. The van der Waals surface area contributed by atoms with Crippen molar-refractivity contribution in [2.75, 3.05) is 30.4 Å². The molecule has 1 aromatic carbocycles. The van der Waals surface area contributed by atoms with Gasteiger partial charge in [-0.25, -0.2) is 9.78 Å². The molecule has 0 spiro atoms. The Balaban J connectivity index is 1.75. The van der Waals surface area contributed by atoms with E-state index < -0.39 is 0 Å². The van der Waals surface area contributed by atoms with Gasteiger partial charge in [-0.3, -0.25) is 15.1 Å². The lowest BCUT2D eigenvalue weighted by molar-refractivity contribution is 0.173. The van der Waals surface area contributed by atoms with E-state index in [1.807, 2.05) is 26.0 Å². The maximum atomic E-state index is 12.8. The van der Waals surface area contributed by atoms with Gasteiger partial charge in [-0.05, 0) is 32.9 Å². The molecule has 2 atom stereocenters. The molecule has 29 heavy (non-hydrogen) atoms. The van der Waals surface area contributed by atoms with E-state index in [-0.39, 0.29) is 29.6 Å². The molecule has 0 unspecified atom stereocenters. The Labute approximate surface area is 168 Å². The number of ether oxygens (including phenoxy) is 1. The third kappa shape index (κ3) is 4.32. The van der Waals surface area contributed by atoms with Crippen LogP contribution < -0.4 is 20.5 Å². The lowest BCUT2D eigenvalue weighted by atomic mass is 10.1. The zero-order valence-corrected chi connectivity index (χ0v) is 16.9. The van der Waals surface area contributed by atoms with Crippen molar-refractivity contribution in [2.24, 2.45) is 0 Å². The van der Waals surface area contributed by atoms with Crippen molar-refractivity contribution in [3.05, 3.63) is 45.9 Å². The maximum Gasteiger partial charge on any atom is 0.324 e. The van der Waals surface area contributed by atoms with Gasteiger partial charge in [0.1, 0.15) is 11.8 Å². The molecule has 1 aliphatic heterocycles. The molecule has 152 valence electrons. The lowest BCUT2D eigenvalue weighted by Crippen LogP contribution is -2.59. The Kier molecular flexibility index (Phi) is 5.73. The first-order valence-electron chi connectivity index (χ1n) is 9.32. The van der Waals surface area contributed by atoms with Crippen molar-refractivity contribution in [1.29, 1.82) is 5.26 Å². The first-order valence-corrected chi connectivity index (χ1v) is 9.32. The first-order chi connectivity index (χ1) is 13.8. The molecule has 2 N–H and O–H groups in total. The van der Waals surface area contributed by atoms with Crippen LogP contribution in [0.15, 0.2) is 29.1 Å². The van der Waals surface area contributed by atoms with E-state index in [4.69, 9.17) is 4.74 Å². The molecule has 1 aliphatic rings. The fourth-order valence-corrected chi connectivity index (χ4v) is 3.53. The minimum atomic E-state index is -0.311. The number of hydrogen-bond acceptors (Lipinski definition) is 6. The minimum Gasteiger partial charge on any atom is -0.495 e. The van der Waals surface area contributed by atoms with Gasteiger partial charge in [-0.1, -0.05) is 0 Å². The Morgan fingerprint density at radius 3 is 2.72 bits per heavy atom. The number of rotatable bonds is 3. The summed E-state index contributed by atoms with van der Waals surface area (Å²) in [4.78, 5) is 34.9. The SMILES string of the molecule is COc1cc(N2C[C@@H](C)N(C(=O)Nc3nc(C)cc(=O)[nH]3)C[C@@H]2C)ccc1C#N. The molecule has 9 nitrogen and oxygen atoms in total. The molecule has 1 fully saturated rings. The highest BCUT2D eigenvalue weighted by Gasteiger charge is 2.32. The zero-order valence-electron chi connectivity index (χ0n) is 16.9. The summed E-state index contributed by atoms with van der Waals surface area (Å²) < 4.78 is 5.32. The summed E-state index contributed by atoms with van der Waals surface area (Å²) >= 11 is 0. The summed E-state index contributed by atoms with van der Waals surface area (Å²) in [5.74, 6) is 0.665. The third-order valence-electron chi connectivity index (χ3n) is 4.98. The molecule has 1 aromatic heterocycles. The molecule has 2 amide bonds. The molecule has 1 saturated heterocycles. The number of urea groups is 1. The van der Waals surface area contributed by atoms with Crippen LogP contribution in [-0.4, -0.2) is 53.2 Å². The predicted octanol–water partition coefficient (Wildman–Crippen LogP) is 2.09. The number of anilines is 2. The van der Waals surface area contributed by atoms with E-state index in [2.05, 4.69) is 26.3 Å². The highest BCUT2D eigenvalue weighted by Crippen LogP contribution is 2.29. The maximum absolute atomic E-state index is 12.8. The van der Waals surface area contributed by atoms with Gasteiger partial charge in [-0.15, -0.1) is 0 Å². The summed E-state index contributed by atoms with van der Waals surface area (Å²) in [7, 11) is 1.54. The number of aromatic amines is 1. The molecule has 0 bridgehead atoms. The molecule has 9 heteroatoms. The van der Waals surface area contributed by atoms with E-state index in [0.717, 1.165) is 5.69 Å². The Bertz CT molecular complexity index is 1010. The van der Waals surface area contributed by atoms with Crippen molar-refractivity contribution >= 4 is 17.7 Å². The van der Waals surface area contributed by atoms with Crippen LogP contribution in [0.2, 0.25) is 0 Å². The van der Waals surface area contributed by atoms with Crippen LogP contribution in [0.25, 0.3) is 0 Å². The van der Waals surface area contributed by atoms with Crippen molar-refractivity contribution in [1.82, 2.24) is 14.9 Å². The number of methoxy groups -OCH3 is 1. The Hall–Kier alpha value is -3.54. The number of nitriles is 1. The summed E-state index contributed by atoms with van der Waals surface area (Å²) in [5, 5.41) is 11.9. The quantitative estimate of drug-likeness (QED) is 0.821. The fraction of sp³-hybridized carbons (Fsp3) is 0.400. The molecule has 2 aromatic rings. The molecular weight excluding hydrogens is 372 g/mol. The number of aromatic nitrogens is 2. The Morgan fingerprint density at radius 2 is 2.07 bits per heavy atom. The second-order valence-electron chi connectivity index (χ2n) is 7.16. The molecule has 0 radical (unpaired) electrons. The van der Waals surface area contributed by atoms with Crippen molar-refractivity contribution in [3.63, 3.8) is 0 Å². The van der Waals surface area contributed by atoms with Crippen LogP contribution in [0.1, 0.15) is 25.1 Å². The average Bonchev–Trinajstić information content (AvgIpc) is 2.68. The van der Waals surface area contributed by atoms with E-state index in [9.17, 15) is 14.9 Å². The lowest BCUT2D eigenvalue weighted by Gasteiger charge is -2.45. The third-order valence-corrected chi connectivity index (χ3v) is 4.98. The van der Waals surface area contributed by atoms with Crippen LogP contribution in [-0.2, 0) is 0 Å². The summed E-state index contributed by atoms with van der Waals surface area (Å²) in [6.07, 6.45) is 0. The number of carbonyl (C=O) groups is 1. The van der Waals surface area contributed by atoms with E-state index in [1.165, 1.54) is 13.2 Å². The number of nitrogens with zero attached hydrogens (tertiary/aromatic N) is 4. The number of aryl methyl sites for hydroxylation is 1. The topological polar surface area (TPSA) is 114 Å². The summed E-state index contributed by atoms with van der Waals surface area (Å²) in [6, 6.07) is 8.61. The number of benzene rings is 1. The normalized spacial score (nSPS) is 18.9. The van der Waals surface area contributed by atoms with Crippen LogP contribution in [0.5, 0.6) is 5.75 Å². The summed E-state index contributed by atoms with van der Waals surface area (Å²) in [6.45, 7) is 6.79. The average molecular weight is 396 g/mol. The van der Waals surface area contributed by atoms with Crippen molar-refractivity contribution < 1.29 is 9.53 Å². The van der Waals surface area contributed by atoms with Crippen LogP contribution in [0.3, 0.4) is 0 Å². The molecule has 0 saturated carbocycles. The summed E-state index contributed by atoms with van der Waals surface area (Å²) in [5.41, 5.74) is 1.64. The number of amides is 2. The number of piperazine rings is 1. The fourth-order valence-electron chi connectivity index (χ4n) is 3.53. The number of nitrogens with one attached hydrogen (secondary N) is 2. The van der Waals surface area contributed by atoms with Crippen molar-refractivity contribution in [3.8, 4) is 11.8 Å². The second-order valence-corrected chi connectivity index (χ2v) is 7.16. The monoisotopic (exact) mass is 396 g/mol. The van der Waals surface area contributed by atoms with E-state index >= 15 is 0 Å². The standard InChI is InChI=1S/C20H24N6O3/c1-12-7-18(27)23-19(22-12)24-20(28)26-11-13(2)25(10-14(26)3)16-6-5-15(9-21)17(8-16)29-4/h5-8,13-14H,10-11H2,1-4H3,(H2,22,23,24,27,28)/t13-,14+/m0/s1. The molecule has 2 heterocycles. The smallest absolute Gasteiger partial charge is 0.324 e. The van der Waals surface area contributed by atoms with Gasteiger partial charge in [0.05, 0.1) is 12.7 Å². The predicted molar refractivity (Wildman–Crippen MR) is 109 cm³/mol. The van der Waals surface area contributed by atoms with Gasteiger partial charge in [0, 0.05) is 48.7 Å². The number of carbonyl (C=O) groups excluding carboxylic acids is 1. The van der Waals surface area contributed by atoms with E-state index in [1.54, 1.807) is 17.9 Å². The first kappa shape index (κ1) is 20.2. The van der Waals surface area contributed by atoms with E-state index in [0.29, 0.717) is 30.1 Å². The molecule has 0 aliphatic carbocycles. The van der Waals surface area contributed by atoms with Gasteiger partial charge in [0.25, 0.3) is 5.56 Å². The van der Waals surface area contributed by atoms with Gasteiger partial charge < -0.3 is 14.5 Å². The molecule has 3 rings (SSSR count). The van der Waals surface area contributed by atoms with Gasteiger partial charge in [-0.2, -0.15) is 5.26 Å². The molecular formula is C20H24N6O3. The van der Waals surface area contributed by atoms with Gasteiger partial charge in [0.2, 0.25) is 5.95 Å². The van der Waals surface area contributed by atoms with Crippen molar-refractivity contribution in [2.45, 2.75) is 32.9 Å². The van der Waals surface area contributed by atoms with Crippen LogP contribution >= 0.6 is 0 Å². The largest absolute Gasteiger partial charge is 0.495 e. The number of H-pyrrole nitrogens is 1. The zero-order chi connectivity index (χ0) is 21.1. The highest BCUT2D eigenvalue weighted by atomic mass is 16.5. The highest BCUT2D eigenvalue weighted by molar-refractivity contribution is 5.88. The van der Waals surface area contributed by atoms with Gasteiger partial charge in [0.15, 0.2) is 0 Å². The second kappa shape index (κ2) is 8.22. The van der Waals surface area contributed by atoms with Crippen LogP contribution in [0, 0.1) is 18.3 Å². The Morgan fingerprint density at radius 1 is 1.31 bits per heavy atom. The van der Waals surface area contributed by atoms with Gasteiger partial charge >= 0.3 is 6.03 Å².